The maximum absolute atomic E-state index is 13.7. The Labute approximate surface area is 139 Å². The molecule has 5 nitrogen and oxygen atoms in total. The van der Waals surface area contributed by atoms with Gasteiger partial charge >= 0.3 is 0 Å². The molecule has 1 atom stereocenters. The van der Waals surface area contributed by atoms with Crippen molar-refractivity contribution in [2.24, 2.45) is 0 Å². The number of carbonyl (C=O) groups excluding carboxylic acids is 1. The predicted octanol–water partition coefficient (Wildman–Crippen LogP) is 2.96. The molecule has 1 N–H and O–H groups in total. The SMILES string of the molecule is COc1ccc(C(C)NC(=O)COc2ccccc2C#N)cc1F. The number of methoxy groups -OCH3 is 1. The van der Waals surface area contributed by atoms with Crippen LogP contribution in [0.3, 0.4) is 0 Å². The number of halogens is 1. The van der Waals surface area contributed by atoms with Gasteiger partial charge in [0, 0.05) is 0 Å². The maximum Gasteiger partial charge on any atom is 0.258 e. The molecule has 2 aromatic rings. The van der Waals surface area contributed by atoms with E-state index in [1.165, 1.54) is 19.2 Å². The monoisotopic (exact) mass is 328 g/mol. The average molecular weight is 328 g/mol. The Balaban J connectivity index is 1.94. The van der Waals surface area contributed by atoms with E-state index in [2.05, 4.69) is 5.32 Å². The second-order valence-electron chi connectivity index (χ2n) is 5.08. The lowest BCUT2D eigenvalue weighted by atomic mass is 10.1. The average Bonchev–Trinajstić information content (AvgIpc) is 2.60. The quantitative estimate of drug-likeness (QED) is 0.885. The van der Waals surface area contributed by atoms with Crippen molar-refractivity contribution in [3.8, 4) is 17.6 Å². The van der Waals surface area contributed by atoms with Gasteiger partial charge in [0.25, 0.3) is 5.91 Å². The largest absolute Gasteiger partial charge is 0.494 e. The van der Waals surface area contributed by atoms with Gasteiger partial charge in [-0.25, -0.2) is 4.39 Å². The van der Waals surface area contributed by atoms with Gasteiger partial charge in [-0.05, 0) is 36.8 Å². The minimum Gasteiger partial charge on any atom is -0.494 e. The van der Waals surface area contributed by atoms with Crippen LogP contribution in [-0.4, -0.2) is 19.6 Å². The highest BCUT2D eigenvalue weighted by molar-refractivity contribution is 5.78. The number of nitriles is 1. The molecule has 0 aliphatic rings. The highest BCUT2D eigenvalue weighted by atomic mass is 19.1. The summed E-state index contributed by atoms with van der Waals surface area (Å²) in [6.45, 7) is 1.50. The van der Waals surface area contributed by atoms with E-state index in [0.29, 0.717) is 16.9 Å². The van der Waals surface area contributed by atoms with Gasteiger partial charge in [-0.1, -0.05) is 18.2 Å². The summed E-state index contributed by atoms with van der Waals surface area (Å²) in [5.74, 6) is -0.367. The van der Waals surface area contributed by atoms with Crippen LogP contribution in [0.15, 0.2) is 42.5 Å². The molecule has 0 bridgehead atoms. The first-order chi connectivity index (χ1) is 11.5. The van der Waals surface area contributed by atoms with Gasteiger partial charge in [0.1, 0.15) is 11.8 Å². The number of para-hydroxylation sites is 1. The van der Waals surface area contributed by atoms with E-state index in [1.54, 1.807) is 37.3 Å². The molecule has 2 rings (SSSR count). The third kappa shape index (κ3) is 4.23. The summed E-state index contributed by atoms with van der Waals surface area (Å²) in [6.07, 6.45) is 0. The van der Waals surface area contributed by atoms with Crippen LogP contribution in [-0.2, 0) is 4.79 Å². The molecule has 124 valence electrons. The number of hydrogen-bond donors (Lipinski definition) is 1. The highest BCUT2D eigenvalue weighted by Gasteiger charge is 2.13. The maximum atomic E-state index is 13.7. The summed E-state index contributed by atoms with van der Waals surface area (Å²) in [6, 6.07) is 12.8. The van der Waals surface area contributed by atoms with Crippen molar-refractivity contribution in [3.05, 3.63) is 59.4 Å². The summed E-state index contributed by atoms with van der Waals surface area (Å²) in [7, 11) is 1.39. The van der Waals surface area contributed by atoms with Gasteiger partial charge in [-0.15, -0.1) is 0 Å². The predicted molar refractivity (Wildman–Crippen MR) is 86.2 cm³/mol. The zero-order valence-electron chi connectivity index (χ0n) is 13.4. The van der Waals surface area contributed by atoms with E-state index < -0.39 is 11.9 Å². The fourth-order valence-corrected chi connectivity index (χ4v) is 2.15. The minimum atomic E-state index is -0.490. The number of ether oxygens (including phenoxy) is 2. The Morgan fingerprint density at radius 2 is 2.04 bits per heavy atom. The van der Waals surface area contributed by atoms with Crippen molar-refractivity contribution in [1.82, 2.24) is 5.32 Å². The summed E-state index contributed by atoms with van der Waals surface area (Å²) in [4.78, 5) is 12.0. The lowest BCUT2D eigenvalue weighted by Gasteiger charge is -2.15. The Bertz CT molecular complexity index is 771. The Morgan fingerprint density at radius 1 is 1.29 bits per heavy atom. The number of benzene rings is 2. The molecule has 6 heteroatoms. The third-order valence-electron chi connectivity index (χ3n) is 3.42. The second-order valence-corrected chi connectivity index (χ2v) is 5.08. The molecular formula is C18H17FN2O3. The molecule has 0 radical (unpaired) electrons. The van der Waals surface area contributed by atoms with Crippen molar-refractivity contribution < 1.29 is 18.7 Å². The first-order valence-electron chi connectivity index (χ1n) is 7.30. The van der Waals surface area contributed by atoms with Crippen LogP contribution in [0, 0.1) is 17.1 Å². The molecule has 0 saturated heterocycles. The first-order valence-corrected chi connectivity index (χ1v) is 7.30. The molecule has 0 fully saturated rings. The van der Waals surface area contributed by atoms with E-state index in [4.69, 9.17) is 14.7 Å². The lowest BCUT2D eigenvalue weighted by Crippen LogP contribution is -2.31. The first kappa shape index (κ1) is 17.3. The van der Waals surface area contributed by atoms with Crippen LogP contribution in [0.1, 0.15) is 24.1 Å². The van der Waals surface area contributed by atoms with Crippen molar-refractivity contribution in [2.75, 3.05) is 13.7 Å². The number of nitrogens with zero attached hydrogens (tertiary/aromatic N) is 1. The molecule has 0 heterocycles. The molecular weight excluding hydrogens is 311 g/mol. The van der Waals surface area contributed by atoms with E-state index in [9.17, 15) is 9.18 Å². The molecule has 24 heavy (non-hydrogen) atoms. The molecule has 0 saturated carbocycles. The smallest absolute Gasteiger partial charge is 0.258 e. The molecule has 0 aliphatic heterocycles. The van der Waals surface area contributed by atoms with Crippen molar-refractivity contribution >= 4 is 5.91 Å². The lowest BCUT2D eigenvalue weighted by molar-refractivity contribution is -0.123. The molecule has 0 spiro atoms. The van der Waals surface area contributed by atoms with Gasteiger partial charge in [0.15, 0.2) is 18.2 Å². The number of rotatable bonds is 6. The third-order valence-corrected chi connectivity index (χ3v) is 3.42. The van der Waals surface area contributed by atoms with Crippen LogP contribution < -0.4 is 14.8 Å². The van der Waals surface area contributed by atoms with Gasteiger partial charge in [0.05, 0.1) is 18.7 Å². The summed E-state index contributed by atoms with van der Waals surface area (Å²) in [5.41, 5.74) is 0.967. The van der Waals surface area contributed by atoms with Gasteiger partial charge in [-0.2, -0.15) is 5.26 Å². The Hall–Kier alpha value is -3.07. The normalized spacial score (nSPS) is 11.2. The minimum absolute atomic E-state index is 0.147. The molecule has 0 aliphatic carbocycles. The second kappa shape index (κ2) is 7.97. The number of nitrogens with one attached hydrogen (secondary N) is 1. The van der Waals surface area contributed by atoms with E-state index in [1.807, 2.05) is 6.07 Å². The summed E-state index contributed by atoms with van der Waals surface area (Å²) >= 11 is 0. The van der Waals surface area contributed by atoms with Crippen LogP contribution in [0.5, 0.6) is 11.5 Å². The van der Waals surface area contributed by atoms with Crippen LogP contribution in [0.2, 0.25) is 0 Å². The zero-order chi connectivity index (χ0) is 17.5. The van der Waals surface area contributed by atoms with Crippen molar-refractivity contribution in [1.29, 1.82) is 5.26 Å². The number of carbonyl (C=O) groups is 1. The van der Waals surface area contributed by atoms with E-state index in [0.717, 1.165) is 0 Å². The topological polar surface area (TPSA) is 71.3 Å². The molecule has 1 unspecified atom stereocenters. The summed E-state index contributed by atoms with van der Waals surface area (Å²) < 4.78 is 23.9. The van der Waals surface area contributed by atoms with Gasteiger partial charge < -0.3 is 14.8 Å². The van der Waals surface area contributed by atoms with Crippen molar-refractivity contribution in [2.45, 2.75) is 13.0 Å². The molecule has 0 aromatic heterocycles. The molecule has 2 aromatic carbocycles. The Morgan fingerprint density at radius 3 is 2.71 bits per heavy atom. The standard InChI is InChI=1S/C18H17FN2O3/c1-12(13-7-8-17(23-2)15(19)9-13)21-18(22)11-24-16-6-4-3-5-14(16)10-20/h3-9,12H,11H2,1-2H3,(H,21,22). The van der Waals surface area contributed by atoms with Crippen LogP contribution in [0.4, 0.5) is 4.39 Å². The zero-order valence-corrected chi connectivity index (χ0v) is 13.4. The van der Waals surface area contributed by atoms with E-state index in [-0.39, 0.29) is 18.3 Å². The van der Waals surface area contributed by atoms with Crippen LogP contribution >= 0.6 is 0 Å². The number of amides is 1. The molecule has 1 amide bonds. The summed E-state index contributed by atoms with van der Waals surface area (Å²) in [5, 5.41) is 11.7. The van der Waals surface area contributed by atoms with E-state index >= 15 is 0 Å². The number of hydrogen-bond acceptors (Lipinski definition) is 4. The Kier molecular flexibility index (Phi) is 5.74. The highest BCUT2D eigenvalue weighted by Crippen LogP contribution is 2.22. The van der Waals surface area contributed by atoms with Crippen molar-refractivity contribution in [3.63, 3.8) is 0 Å². The van der Waals surface area contributed by atoms with Crippen LogP contribution in [0.25, 0.3) is 0 Å². The fourth-order valence-electron chi connectivity index (χ4n) is 2.15. The van der Waals surface area contributed by atoms with Gasteiger partial charge in [0.2, 0.25) is 0 Å². The van der Waals surface area contributed by atoms with Gasteiger partial charge in [-0.3, -0.25) is 4.79 Å². The fraction of sp³-hybridized carbons (Fsp3) is 0.222.